The van der Waals surface area contributed by atoms with Gasteiger partial charge in [0, 0.05) is 6.20 Å². The number of anilines is 1. The van der Waals surface area contributed by atoms with Gasteiger partial charge in [0.2, 0.25) is 0 Å². The van der Waals surface area contributed by atoms with Crippen molar-refractivity contribution in [3.63, 3.8) is 0 Å². The second kappa shape index (κ2) is 10.0. The molecule has 1 heterocycles. The normalized spacial score (nSPS) is 10.0. The highest BCUT2D eigenvalue weighted by atomic mass is 16.5. The van der Waals surface area contributed by atoms with E-state index in [0.717, 1.165) is 6.42 Å². The summed E-state index contributed by atoms with van der Waals surface area (Å²) in [5.41, 5.74) is 0.433. The molecule has 1 aromatic rings. The number of aromatic nitrogens is 1. The van der Waals surface area contributed by atoms with Gasteiger partial charge in [-0.25, -0.2) is 9.78 Å². The second-order valence-corrected chi connectivity index (χ2v) is 3.09. The summed E-state index contributed by atoms with van der Waals surface area (Å²) < 4.78 is 4.93. The van der Waals surface area contributed by atoms with Crippen LogP contribution in [0.5, 0.6) is 0 Å². The van der Waals surface area contributed by atoms with Gasteiger partial charge in [-0.2, -0.15) is 0 Å². The number of esters is 1. The van der Waals surface area contributed by atoms with E-state index in [1.807, 2.05) is 19.1 Å². The predicted octanol–water partition coefficient (Wildman–Crippen LogP) is 2.62. The van der Waals surface area contributed by atoms with Crippen molar-refractivity contribution in [3.8, 4) is 0 Å². The maximum Gasteiger partial charge on any atom is 0.354 e. The molecule has 0 aliphatic carbocycles. The number of hydrogen-bond acceptors (Lipinski definition) is 5. The van der Waals surface area contributed by atoms with Gasteiger partial charge in [-0.1, -0.05) is 19.1 Å². The smallest absolute Gasteiger partial charge is 0.354 e. The van der Waals surface area contributed by atoms with Crippen LogP contribution in [0.1, 0.15) is 20.3 Å². The molecule has 5 nitrogen and oxygen atoms in total. The zero-order valence-corrected chi connectivity index (χ0v) is 10.8. The fourth-order valence-electron chi connectivity index (χ4n) is 1.17. The Morgan fingerprint density at radius 2 is 2.22 bits per heavy atom. The van der Waals surface area contributed by atoms with E-state index in [2.05, 4.69) is 17.0 Å². The molecule has 2 N–H and O–H groups in total. The lowest BCUT2D eigenvalue weighted by Crippen LogP contribution is -2.15. The SMILES string of the molecule is C=N.CC/C=C(\Nc1ccccn1)C(=O)OCC. The zero-order chi connectivity index (χ0) is 13.8. The lowest BCUT2D eigenvalue weighted by atomic mass is 10.3. The molecule has 0 unspecified atom stereocenters. The van der Waals surface area contributed by atoms with E-state index in [1.165, 1.54) is 0 Å². The number of hydrogen-bond donors (Lipinski definition) is 2. The maximum atomic E-state index is 11.6. The summed E-state index contributed by atoms with van der Waals surface area (Å²) >= 11 is 0. The third kappa shape index (κ3) is 5.79. The van der Waals surface area contributed by atoms with Gasteiger partial charge >= 0.3 is 5.97 Å². The van der Waals surface area contributed by atoms with E-state index < -0.39 is 0 Å². The first-order valence-corrected chi connectivity index (χ1v) is 5.68. The van der Waals surface area contributed by atoms with E-state index in [-0.39, 0.29) is 5.97 Å². The van der Waals surface area contributed by atoms with E-state index >= 15 is 0 Å². The topological polar surface area (TPSA) is 75.1 Å². The number of carbonyl (C=O) groups is 1. The third-order valence-corrected chi connectivity index (χ3v) is 1.83. The first-order valence-electron chi connectivity index (χ1n) is 5.68. The summed E-state index contributed by atoms with van der Waals surface area (Å²) in [6.45, 7) is 6.60. The van der Waals surface area contributed by atoms with Crippen LogP contribution in [0.2, 0.25) is 0 Å². The molecule has 0 bridgehead atoms. The van der Waals surface area contributed by atoms with E-state index in [4.69, 9.17) is 10.1 Å². The number of nitrogens with zero attached hydrogens (tertiary/aromatic N) is 1. The largest absolute Gasteiger partial charge is 0.461 e. The Balaban J connectivity index is 0.00000137. The summed E-state index contributed by atoms with van der Waals surface area (Å²) in [6.07, 6.45) is 4.21. The van der Waals surface area contributed by atoms with Crippen molar-refractivity contribution < 1.29 is 9.53 Å². The van der Waals surface area contributed by atoms with Crippen molar-refractivity contribution in [3.05, 3.63) is 36.2 Å². The van der Waals surface area contributed by atoms with Crippen LogP contribution < -0.4 is 5.32 Å². The first-order chi connectivity index (χ1) is 8.77. The molecule has 0 saturated heterocycles. The van der Waals surface area contributed by atoms with Crippen molar-refractivity contribution in [1.82, 2.24) is 4.98 Å². The van der Waals surface area contributed by atoms with Gasteiger partial charge in [-0.05, 0) is 32.2 Å². The van der Waals surface area contributed by atoms with Gasteiger partial charge in [-0.15, -0.1) is 0 Å². The molecule has 0 radical (unpaired) electrons. The number of carbonyl (C=O) groups excluding carboxylic acids is 1. The lowest BCUT2D eigenvalue weighted by Gasteiger charge is -2.08. The summed E-state index contributed by atoms with van der Waals surface area (Å²) in [4.78, 5) is 15.6. The fraction of sp³-hybridized carbons (Fsp3) is 0.308. The van der Waals surface area contributed by atoms with Gasteiger partial charge in [-0.3, -0.25) is 0 Å². The Morgan fingerprint density at radius 3 is 2.72 bits per heavy atom. The molecule has 0 fully saturated rings. The molecule has 5 heteroatoms. The van der Waals surface area contributed by atoms with E-state index in [0.29, 0.717) is 18.1 Å². The number of rotatable bonds is 5. The van der Waals surface area contributed by atoms with Crippen molar-refractivity contribution in [1.29, 1.82) is 5.41 Å². The van der Waals surface area contributed by atoms with Crippen LogP contribution in [0.4, 0.5) is 5.82 Å². The van der Waals surface area contributed by atoms with Gasteiger partial charge in [0.25, 0.3) is 0 Å². The van der Waals surface area contributed by atoms with Crippen LogP contribution in [0.3, 0.4) is 0 Å². The Hall–Kier alpha value is -2.17. The van der Waals surface area contributed by atoms with Crippen LogP contribution >= 0.6 is 0 Å². The van der Waals surface area contributed by atoms with Crippen LogP contribution in [0.25, 0.3) is 0 Å². The Kier molecular flexibility index (Phi) is 8.81. The average Bonchev–Trinajstić information content (AvgIpc) is 2.42. The molecule has 0 amide bonds. The molecule has 18 heavy (non-hydrogen) atoms. The van der Waals surface area contributed by atoms with E-state index in [1.54, 1.807) is 25.3 Å². The third-order valence-electron chi connectivity index (χ3n) is 1.83. The van der Waals surface area contributed by atoms with Crippen molar-refractivity contribution in [2.75, 3.05) is 11.9 Å². The molecular weight excluding hydrogens is 230 g/mol. The molecule has 98 valence electrons. The standard InChI is InChI=1S/C12H16N2O2.CH3N/c1-3-7-10(12(15)16-4-2)14-11-8-5-6-9-13-11;1-2/h5-9H,3-4H2,1-2H3,(H,13,14);2H,1H2/b10-7-;. The predicted molar refractivity (Wildman–Crippen MR) is 72.7 cm³/mol. The Labute approximate surface area is 107 Å². The summed E-state index contributed by atoms with van der Waals surface area (Å²) in [6, 6.07) is 5.46. The highest BCUT2D eigenvalue weighted by molar-refractivity contribution is 5.91. The van der Waals surface area contributed by atoms with Crippen LogP contribution in [-0.4, -0.2) is 24.3 Å². The summed E-state index contributed by atoms with van der Waals surface area (Å²) in [5, 5.41) is 8.44. The molecule has 0 aromatic carbocycles. The van der Waals surface area contributed by atoms with Gasteiger partial charge < -0.3 is 15.5 Å². The summed E-state index contributed by atoms with van der Waals surface area (Å²) in [7, 11) is 0. The molecule has 1 aromatic heterocycles. The first kappa shape index (κ1) is 15.8. The number of ether oxygens (including phenoxy) is 1. The Bertz CT molecular complexity index is 377. The van der Waals surface area contributed by atoms with Crippen LogP contribution in [0.15, 0.2) is 36.2 Å². The minimum absolute atomic E-state index is 0.352. The van der Waals surface area contributed by atoms with Crippen molar-refractivity contribution in [2.45, 2.75) is 20.3 Å². The Morgan fingerprint density at radius 1 is 1.50 bits per heavy atom. The molecule has 0 aliphatic heterocycles. The van der Waals surface area contributed by atoms with E-state index in [9.17, 15) is 4.79 Å². The number of nitrogens with one attached hydrogen (secondary N) is 2. The molecule has 0 saturated carbocycles. The van der Waals surface area contributed by atoms with Gasteiger partial charge in [0.15, 0.2) is 0 Å². The number of pyridine rings is 1. The zero-order valence-electron chi connectivity index (χ0n) is 10.8. The van der Waals surface area contributed by atoms with Crippen LogP contribution in [0, 0.1) is 5.41 Å². The minimum Gasteiger partial charge on any atom is -0.461 e. The highest BCUT2D eigenvalue weighted by Gasteiger charge is 2.09. The molecule has 0 aliphatic rings. The van der Waals surface area contributed by atoms with Crippen LogP contribution in [-0.2, 0) is 9.53 Å². The monoisotopic (exact) mass is 249 g/mol. The molecular formula is C13H19N3O2. The van der Waals surface area contributed by atoms with Crippen molar-refractivity contribution >= 4 is 18.5 Å². The second-order valence-electron chi connectivity index (χ2n) is 3.09. The number of allylic oxidation sites excluding steroid dienone is 1. The lowest BCUT2D eigenvalue weighted by molar-refractivity contribution is -0.138. The molecule has 1 rings (SSSR count). The molecule has 0 atom stereocenters. The van der Waals surface area contributed by atoms with Crippen molar-refractivity contribution in [2.24, 2.45) is 0 Å². The average molecular weight is 249 g/mol. The fourth-order valence-corrected chi connectivity index (χ4v) is 1.17. The quantitative estimate of drug-likeness (QED) is 0.478. The maximum absolute atomic E-state index is 11.6. The highest BCUT2D eigenvalue weighted by Crippen LogP contribution is 2.07. The van der Waals surface area contributed by atoms with Gasteiger partial charge in [0.1, 0.15) is 11.5 Å². The molecule has 0 spiro atoms. The summed E-state index contributed by atoms with van der Waals surface area (Å²) in [5.74, 6) is 0.283. The van der Waals surface area contributed by atoms with Gasteiger partial charge in [0.05, 0.1) is 6.61 Å². The minimum atomic E-state index is -0.352.